The molecule has 0 spiro atoms. The van der Waals surface area contributed by atoms with Crippen molar-refractivity contribution in [3.8, 4) is 0 Å². The van der Waals surface area contributed by atoms with E-state index in [2.05, 4.69) is 10.3 Å². The van der Waals surface area contributed by atoms with E-state index in [1.54, 1.807) is 0 Å². The Morgan fingerprint density at radius 3 is 2.88 bits per heavy atom. The van der Waals surface area contributed by atoms with Crippen LogP contribution < -0.4 is 5.32 Å². The third kappa shape index (κ3) is 3.86. The Morgan fingerprint density at radius 2 is 2.25 bits per heavy atom. The fourth-order valence-corrected chi connectivity index (χ4v) is 1.32. The maximum absolute atomic E-state index is 11.5. The van der Waals surface area contributed by atoms with Crippen molar-refractivity contribution in [1.82, 2.24) is 10.3 Å². The minimum atomic E-state index is -0.211. The van der Waals surface area contributed by atoms with Gasteiger partial charge >= 0.3 is 0 Å². The van der Waals surface area contributed by atoms with Gasteiger partial charge in [0.15, 0.2) is 6.29 Å². The third-order valence-corrected chi connectivity index (χ3v) is 2.21. The van der Waals surface area contributed by atoms with Crippen molar-refractivity contribution in [2.24, 2.45) is 0 Å². The average molecular weight is 224 g/mol. The molecule has 0 atom stereocenters. The number of unbranched alkanes of at least 4 members (excludes halogenated alkanes) is 2. The highest BCUT2D eigenvalue weighted by Gasteiger charge is 2.06. The van der Waals surface area contributed by atoms with Gasteiger partial charge in [-0.1, -0.05) is 0 Å². The summed E-state index contributed by atoms with van der Waals surface area (Å²) in [6.45, 7) is 0.765. The Kier molecular flexibility index (Phi) is 5.28. The monoisotopic (exact) mass is 224 g/mol. The Hall–Kier alpha value is -1.62. The third-order valence-electron chi connectivity index (χ3n) is 2.21. The molecule has 16 heavy (non-hydrogen) atoms. The molecular formula is C11H16N2O3. The number of hydrogen-bond donors (Lipinski definition) is 3. The number of rotatable bonds is 7. The van der Waals surface area contributed by atoms with Gasteiger partial charge in [0.25, 0.3) is 5.91 Å². The van der Waals surface area contributed by atoms with Crippen LogP contribution in [0.2, 0.25) is 0 Å². The molecule has 88 valence electrons. The van der Waals surface area contributed by atoms with Crippen molar-refractivity contribution in [2.75, 3.05) is 13.2 Å². The van der Waals surface area contributed by atoms with Crippen LogP contribution in [0.15, 0.2) is 12.3 Å². The van der Waals surface area contributed by atoms with E-state index < -0.39 is 0 Å². The van der Waals surface area contributed by atoms with Crippen molar-refractivity contribution < 1.29 is 14.7 Å². The zero-order valence-electron chi connectivity index (χ0n) is 9.03. The number of aromatic nitrogens is 1. The summed E-state index contributed by atoms with van der Waals surface area (Å²) in [6, 6.07) is 1.51. The second-order valence-corrected chi connectivity index (χ2v) is 3.50. The maximum atomic E-state index is 11.5. The molecule has 1 aromatic heterocycles. The zero-order chi connectivity index (χ0) is 11.8. The number of H-pyrrole nitrogens is 1. The van der Waals surface area contributed by atoms with Gasteiger partial charge in [-0.05, 0) is 25.3 Å². The van der Waals surface area contributed by atoms with E-state index in [1.807, 2.05) is 0 Å². The molecule has 0 aliphatic carbocycles. The zero-order valence-corrected chi connectivity index (χ0v) is 9.03. The Balaban J connectivity index is 2.27. The lowest BCUT2D eigenvalue weighted by Crippen LogP contribution is -2.24. The van der Waals surface area contributed by atoms with E-state index in [9.17, 15) is 9.59 Å². The first kappa shape index (κ1) is 12.4. The van der Waals surface area contributed by atoms with Crippen LogP contribution >= 0.6 is 0 Å². The lowest BCUT2D eigenvalue weighted by atomic mass is 10.2. The Labute approximate surface area is 93.9 Å². The molecule has 0 bridgehead atoms. The van der Waals surface area contributed by atoms with Crippen molar-refractivity contribution in [2.45, 2.75) is 19.3 Å². The van der Waals surface area contributed by atoms with Crippen molar-refractivity contribution in [3.63, 3.8) is 0 Å². The first-order valence-electron chi connectivity index (χ1n) is 5.30. The number of aliphatic hydroxyl groups is 1. The number of carbonyl (C=O) groups excluding carboxylic acids is 2. The molecule has 1 rings (SSSR count). The summed E-state index contributed by atoms with van der Waals surface area (Å²) in [5, 5.41) is 11.3. The summed E-state index contributed by atoms with van der Waals surface area (Å²) in [5.41, 5.74) is 0.856. The first-order chi connectivity index (χ1) is 7.77. The van der Waals surface area contributed by atoms with E-state index in [0.29, 0.717) is 24.1 Å². The van der Waals surface area contributed by atoms with Gasteiger partial charge in [0, 0.05) is 24.9 Å². The number of aromatic amines is 1. The van der Waals surface area contributed by atoms with Crippen LogP contribution in [0, 0.1) is 0 Å². The molecule has 0 saturated heterocycles. The topological polar surface area (TPSA) is 82.2 Å². The van der Waals surface area contributed by atoms with Gasteiger partial charge in [-0.25, -0.2) is 0 Å². The summed E-state index contributed by atoms with van der Waals surface area (Å²) in [6.07, 6.45) is 4.67. The fraction of sp³-hybridized carbons (Fsp3) is 0.455. The van der Waals surface area contributed by atoms with Gasteiger partial charge in [-0.15, -0.1) is 0 Å². The standard InChI is InChI=1S/C11H16N2O3/c14-5-3-1-2-4-12-11(16)10-6-9(8-15)7-13-10/h6-8,13-14H,1-5H2,(H,12,16). The van der Waals surface area contributed by atoms with E-state index in [0.717, 1.165) is 19.3 Å². The van der Waals surface area contributed by atoms with Gasteiger partial charge in [0.05, 0.1) is 0 Å². The number of aliphatic hydroxyl groups excluding tert-OH is 1. The van der Waals surface area contributed by atoms with Crippen molar-refractivity contribution >= 4 is 12.2 Å². The normalized spacial score (nSPS) is 10.1. The minimum absolute atomic E-state index is 0.188. The highest BCUT2D eigenvalue weighted by molar-refractivity contribution is 5.94. The summed E-state index contributed by atoms with van der Waals surface area (Å²) in [4.78, 5) is 24.6. The molecule has 0 fully saturated rings. The van der Waals surface area contributed by atoms with Crippen molar-refractivity contribution in [1.29, 1.82) is 0 Å². The van der Waals surface area contributed by atoms with Gasteiger partial charge in [0.1, 0.15) is 5.69 Å². The van der Waals surface area contributed by atoms with Crippen LogP contribution in [0.4, 0.5) is 0 Å². The largest absolute Gasteiger partial charge is 0.396 e. The Morgan fingerprint density at radius 1 is 1.44 bits per heavy atom. The van der Waals surface area contributed by atoms with Gasteiger partial charge in [-0.2, -0.15) is 0 Å². The highest BCUT2D eigenvalue weighted by atomic mass is 16.2. The van der Waals surface area contributed by atoms with Gasteiger partial charge in [-0.3, -0.25) is 9.59 Å². The molecule has 0 aromatic carbocycles. The molecule has 0 unspecified atom stereocenters. The number of amides is 1. The highest BCUT2D eigenvalue weighted by Crippen LogP contribution is 2.00. The molecule has 1 heterocycles. The van der Waals surface area contributed by atoms with Gasteiger partial charge < -0.3 is 15.4 Å². The molecular weight excluding hydrogens is 208 g/mol. The number of nitrogens with one attached hydrogen (secondary N) is 2. The van der Waals surface area contributed by atoms with E-state index >= 15 is 0 Å². The van der Waals surface area contributed by atoms with Gasteiger partial charge in [0.2, 0.25) is 0 Å². The lowest BCUT2D eigenvalue weighted by molar-refractivity contribution is 0.0948. The van der Waals surface area contributed by atoms with Crippen LogP contribution in [-0.4, -0.2) is 35.4 Å². The molecule has 1 aromatic rings. The quantitative estimate of drug-likeness (QED) is 0.471. The predicted molar refractivity (Wildman–Crippen MR) is 59.5 cm³/mol. The maximum Gasteiger partial charge on any atom is 0.267 e. The molecule has 5 heteroatoms. The second-order valence-electron chi connectivity index (χ2n) is 3.50. The van der Waals surface area contributed by atoms with Crippen LogP contribution in [-0.2, 0) is 0 Å². The molecule has 0 radical (unpaired) electrons. The predicted octanol–water partition coefficient (Wildman–Crippen LogP) is 0.720. The molecule has 5 nitrogen and oxygen atoms in total. The second kappa shape index (κ2) is 6.79. The summed E-state index contributed by atoms with van der Waals surface area (Å²) in [7, 11) is 0. The van der Waals surface area contributed by atoms with Crippen LogP contribution in [0.25, 0.3) is 0 Å². The number of aldehydes is 1. The van der Waals surface area contributed by atoms with E-state index in [4.69, 9.17) is 5.11 Å². The van der Waals surface area contributed by atoms with Crippen LogP contribution in [0.1, 0.15) is 40.1 Å². The minimum Gasteiger partial charge on any atom is -0.396 e. The number of carbonyl (C=O) groups is 2. The summed E-state index contributed by atoms with van der Waals surface area (Å²) < 4.78 is 0. The van der Waals surface area contributed by atoms with Crippen molar-refractivity contribution in [3.05, 3.63) is 23.5 Å². The van der Waals surface area contributed by atoms with E-state index in [1.165, 1.54) is 12.3 Å². The molecule has 0 aliphatic heterocycles. The summed E-state index contributed by atoms with van der Waals surface area (Å²) >= 11 is 0. The first-order valence-corrected chi connectivity index (χ1v) is 5.30. The fourth-order valence-electron chi connectivity index (χ4n) is 1.32. The Bertz CT molecular complexity index is 347. The van der Waals surface area contributed by atoms with Crippen LogP contribution in [0.5, 0.6) is 0 Å². The summed E-state index contributed by atoms with van der Waals surface area (Å²) in [5.74, 6) is -0.211. The average Bonchev–Trinajstić information content (AvgIpc) is 2.77. The molecule has 3 N–H and O–H groups in total. The van der Waals surface area contributed by atoms with E-state index in [-0.39, 0.29) is 12.5 Å². The SMILES string of the molecule is O=Cc1c[nH]c(C(=O)NCCCCCO)c1. The molecule has 0 saturated carbocycles. The molecule has 1 amide bonds. The lowest BCUT2D eigenvalue weighted by Gasteiger charge is -2.02. The smallest absolute Gasteiger partial charge is 0.267 e. The van der Waals surface area contributed by atoms with Crippen LogP contribution in [0.3, 0.4) is 0 Å². The molecule has 0 aliphatic rings. The number of hydrogen-bond acceptors (Lipinski definition) is 3.